The molecular weight excluding hydrogens is 312 g/mol. The number of aromatic amines is 1. The number of carbonyl (C=O) groups excluding carboxylic acids is 1. The summed E-state index contributed by atoms with van der Waals surface area (Å²) in [7, 11) is 0. The quantitative estimate of drug-likeness (QED) is 0.810. The van der Waals surface area contributed by atoms with E-state index in [1.165, 1.54) is 12.8 Å². The fourth-order valence-electron chi connectivity index (χ4n) is 3.64. The van der Waals surface area contributed by atoms with Crippen LogP contribution in [0.15, 0.2) is 30.3 Å². The predicted octanol–water partition coefficient (Wildman–Crippen LogP) is 2.74. The lowest BCUT2D eigenvalue weighted by atomic mass is 10.00. The zero-order valence-corrected chi connectivity index (χ0v) is 13.4. The highest BCUT2D eigenvalue weighted by atomic mass is 35.5. The Bertz CT molecular complexity index is 700. The van der Waals surface area contributed by atoms with Crippen molar-refractivity contribution in [2.75, 3.05) is 0 Å². The van der Waals surface area contributed by atoms with Gasteiger partial charge in [0.1, 0.15) is 5.69 Å². The number of carbonyl (C=O) groups is 1. The molecule has 23 heavy (non-hydrogen) atoms. The molecule has 2 aliphatic rings. The number of H-pyrrole nitrogens is 1. The second-order valence-electron chi connectivity index (χ2n) is 6.45. The number of piperidine rings is 1. The molecule has 3 heterocycles. The van der Waals surface area contributed by atoms with Crippen LogP contribution in [0.4, 0.5) is 0 Å². The van der Waals surface area contributed by atoms with Gasteiger partial charge in [0.15, 0.2) is 0 Å². The largest absolute Gasteiger partial charge is 0.348 e. The molecule has 0 radical (unpaired) electrons. The van der Waals surface area contributed by atoms with E-state index >= 15 is 0 Å². The lowest BCUT2D eigenvalue weighted by Crippen LogP contribution is -2.48. The van der Waals surface area contributed by atoms with Crippen molar-refractivity contribution in [3.63, 3.8) is 0 Å². The number of hydrogen-bond donors (Lipinski definition) is 3. The Morgan fingerprint density at radius 2 is 1.87 bits per heavy atom. The van der Waals surface area contributed by atoms with Crippen LogP contribution in [0, 0.1) is 0 Å². The van der Waals surface area contributed by atoms with E-state index in [0.717, 1.165) is 24.1 Å². The minimum atomic E-state index is -0.0796. The molecule has 1 aromatic carbocycles. The summed E-state index contributed by atoms with van der Waals surface area (Å²) in [6.45, 7) is 0. The van der Waals surface area contributed by atoms with Crippen LogP contribution in [-0.4, -0.2) is 34.2 Å². The number of nitrogens with zero attached hydrogens (tertiary/aromatic N) is 1. The van der Waals surface area contributed by atoms with Gasteiger partial charge in [-0.15, -0.1) is 0 Å². The molecule has 1 amide bonds. The monoisotopic (exact) mass is 330 g/mol. The number of halogens is 1. The Balaban J connectivity index is 1.44. The van der Waals surface area contributed by atoms with Gasteiger partial charge in [0, 0.05) is 28.7 Å². The smallest absolute Gasteiger partial charge is 0.269 e. The van der Waals surface area contributed by atoms with Crippen molar-refractivity contribution in [1.82, 2.24) is 20.8 Å². The zero-order valence-electron chi connectivity index (χ0n) is 12.7. The third-order valence-corrected chi connectivity index (χ3v) is 5.02. The van der Waals surface area contributed by atoms with Gasteiger partial charge in [0.05, 0.1) is 5.69 Å². The van der Waals surface area contributed by atoms with E-state index in [9.17, 15) is 4.79 Å². The lowest BCUT2D eigenvalue weighted by Gasteiger charge is -2.29. The number of nitrogens with one attached hydrogen (secondary N) is 3. The number of fused-ring (bicyclic) bond motifs is 2. The maximum absolute atomic E-state index is 12.4. The first-order valence-electron chi connectivity index (χ1n) is 8.05. The molecule has 0 saturated carbocycles. The van der Waals surface area contributed by atoms with Crippen LogP contribution in [0.3, 0.4) is 0 Å². The van der Waals surface area contributed by atoms with Gasteiger partial charge < -0.3 is 10.6 Å². The lowest BCUT2D eigenvalue weighted by molar-refractivity contribution is 0.0919. The Labute approximate surface area is 139 Å². The second-order valence-corrected chi connectivity index (χ2v) is 6.89. The standard InChI is InChI=1S/C17H19ClN4O/c18-11-3-1-10(2-4-11)15-9-16(22-21-15)17(23)20-14-7-12-5-6-13(8-14)19-12/h1-4,9,12-14,19H,5-8H2,(H,20,23)(H,21,22). The molecule has 0 aliphatic carbocycles. The molecule has 120 valence electrons. The van der Waals surface area contributed by atoms with Crippen LogP contribution in [-0.2, 0) is 0 Å². The van der Waals surface area contributed by atoms with Gasteiger partial charge in [-0.3, -0.25) is 9.89 Å². The maximum atomic E-state index is 12.4. The number of hydrogen-bond acceptors (Lipinski definition) is 3. The van der Waals surface area contributed by atoms with E-state index in [0.29, 0.717) is 22.8 Å². The number of benzene rings is 1. The third-order valence-electron chi connectivity index (χ3n) is 4.77. The van der Waals surface area contributed by atoms with Gasteiger partial charge in [0.2, 0.25) is 0 Å². The first kappa shape index (κ1) is 14.7. The Hall–Kier alpha value is -1.85. The highest BCUT2D eigenvalue weighted by Gasteiger charge is 2.34. The van der Waals surface area contributed by atoms with Crippen LogP contribution in [0.2, 0.25) is 5.02 Å². The van der Waals surface area contributed by atoms with Gasteiger partial charge in [-0.2, -0.15) is 5.10 Å². The van der Waals surface area contributed by atoms with E-state index in [4.69, 9.17) is 11.6 Å². The first-order chi connectivity index (χ1) is 11.2. The Kier molecular flexibility index (Phi) is 3.83. The van der Waals surface area contributed by atoms with Crippen molar-refractivity contribution < 1.29 is 4.79 Å². The summed E-state index contributed by atoms with van der Waals surface area (Å²) in [5.74, 6) is -0.0796. The van der Waals surface area contributed by atoms with Crippen molar-refractivity contribution in [2.45, 2.75) is 43.8 Å². The molecule has 4 rings (SSSR count). The summed E-state index contributed by atoms with van der Waals surface area (Å²) in [5, 5.41) is 14.5. The predicted molar refractivity (Wildman–Crippen MR) is 89.5 cm³/mol. The normalized spacial score (nSPS) is 26.2. The van der Waals surface area contributed by atoms with Crippen molar-refractivity contribution >= 4 is 17.5 Å². The minimum Gasteiger partial charge on any atom is -0.348 e. The Morgan fingerprint density at radius 1 is 1.17 bits per heavy atom. The average Bonchev–Trinajstić information content (AvgIpc) is 3.15. The summed E-state index contributed by atoms with van der Waals surface area (Å²) in [4.78, 5) is 12.4. The van der Waals surface area contributed by atoms with E-state index in [2.05, 4.69) is 20.8 Å². The van der Waals surface area contributed by atoms with Crippen LogP contribution in [0.1, 0.15) is 36.2 Å². The van der Waals surface area contributed by atoms with Crippen molar-refractivity contribution in [3.05, 3.63) is 41.0 Å². The molecule has 2 bridgehead atoms. The number of rotatable bonds is 3. The Morgan fingerprint density at radius 3 is 2.57 bits per heavy atom. The number of aromatic nitrogens is 2. The van der Waals surface area contributed by atoms with Crippen LogP contribution in [0.5, 0.6) is 0 Å². The molecule has 2 atom stereocenters. The van der Waals surface area contributed by atoms with E-state index in [1.54, 1.807) is 6.07 Å². The molecule has 2 aromatic rings. The minimum absolute atomic E-state index is 0.0796. The maximum Gasteiger partial charge on any atom is 0.269 e. The van der Waals surface area contributed by atoms with Crippen LogP contribution >= 0.6 is 11.6 Å². The molecular formula is C17H19ClN4O. The summed E-state index contributed by atoms with van der Waals surface area (Å²) >= 11 is 5.89. The molecule has 5 nitrogen and oxygen atoms in total. The fraction of sp³-hybridized carbons (Fsp3) is 0.412. The fourth-order valence-corrected chi connectivity index (χ4v) is 3.77. The highest BCUT2D eigenvalue weighted by Crippen LogP contribution is 2.27. The number of amides is 1. The second kappa shape index (κ2) is 5.98. The third kappa shape index (κ3) is 3.12. The van der Waals surface area contributed by atoms with Crippen molar-refractivity contribution in [2.24, 2.45) is 0 Å². The van der Waals surface area contributed by atoms with E-state index in [1.807, 2.05) is 24.3 Å². The molecule has 3 N–H and O–H groups in total. The zero-order chi connectivity index (χ0) is 15.8. The summed E-state index contributed by atoms with van der Waals surface area (Å²) in [5.41, 5.74) is 2.18. The molecule has 6 heteroatoms. The average molecular weight is 331 g/mol. The van der Waals surface area contributed by atoms with Gasteiger partial charge in [0.25, 0.3) is 5.91 Å². The molecule has 2 aliphatic heterocycles. The molecule has 1 aromatic heterocycles. The SMILES string of the molecule is O=C(NC1CC2CCC(C1)N2)c1cc(-c2ccc(Cl)cc2)n[nH]1. The van der Waals surface area contributed by atoms with Gasteiger partial charge in [-0.1, -0.05) is 23.7 Å². The summed E-state index contributed by atoms with van der Waals surface area (Å²) in [6, 6.07) is 10.6. The summed E-state index contributed by atoms with van der Waals surface area (Å²) in [6.07, 6.45) is 4.48. The van der Waals surface area contributed by atoms with Gasteiger partial charge >= 0.3 is 0 Å². The molecule has 2 unspecified atom stereocenters. The van der Waals surface area contributed by atoms with Gasteiger partial charge in [-0.05, 0) is 43.9 Å². The summed E-state index contributed by atoms with van der Waals surface area (Å²) < 4.78 is 0. The van der Waals surface area contributed by atoms with Crippen molar-refractivity contribution in [1.29, 1.82) is 0 Å². The van der Waals surface area contributed by atoms with Crippen LogP contribution in [0.25, 0.3) is 11.3 Å². The highest BCUT2D eigenvalue weighted by molar-refractivity contribution is 6.30. The van der Waals surface area contributed by atoms with Gasteiger partial charge in [-0.25, -0.2) is 0 Å². The van der Waals surface area contributed by atoms with E-state index in [-0.39, 0.29) is 11.9 Å². The topological polar surface area (TPSA) is 69.8 Å². The molecule has 0 spiro atoms. The van der Waals surface area contributed by atoms with E-state index < -0.39 is 0 Å². The molecule has 2 fully saturated rings. The van der Waals surface area contributed by atoms with Crippen LogP contribution < -0.4 is 10.6 Å². The van der Waals surface area contributed by atoms with Crippen molar-refractivity contribution in [3.8, 4) is 11.3 Å². The molecule has 2 saturated heterocycles. The first-order valence-corrected chi connectivity index (χ1v) is 8.43.